The van der Waals surface area contributed by atoms with Crippen molar-refractivity contribution in [3.8, 4) is 17.2 Å². The molecule has 0 amide bonds. The zero-order valence-corrected chi connectivity index (χ0v) is 15.9. The number of benzene rings is 1. The Balaban J connectivity index is 0.00000288. The lowest BCUT2D eigenvalue weighted by molar-refractivity contribution is 0.352. The predicted molar refractivity (Wildman–Crippen MR) is 93.9 cm³/mol. The fourth-order valence-corrected chi connectivity index (χ4v) is 4.39. The van der Waals surface area contributed by atoms with Gasteiger partial charge in [-0.05, 0) is 25.7 Å². The van der Waals surface area contributed by atoms with E-state index in [1.54, 1.807) is 0 Å². The molecule has 0 aromatic heterocycles. The van der Waals surface area contributed by atoms with Crippen molar-refractivity contribution in [2.45, 2.75) is 30.2 Å². The van der Waals surface area contributed by atoms with Gasteiger partial charge in [0.2, 0.25) is 10.0 Å². The predicted octanol–water partition coefficient (Wildman–Crippen LogP) is 1.54. The van der Waals surface area contributed by atoms with E-state index in [4.69, 9.17) is 19.9 Å². The minimum atomic E-state index is -3.88. The first-order chi connectivity index (χ1) is 10.8. The largest absolute Gasteiger partial charge is 0.496 e. The van der Waals surface area contributed by atoms with E-state index in [9.17, 15) is 8.42 Å². The van der Waals surface area contributed by atoms with Crippen molar-refractivity contribution < 1.29 is 22.6 Å². The molecule has 1 aromatic rings. The van der Waals surface area contributed by atoms with Gasteiger partial charge in [-0.15, -0.1) is 12.4 Å². The third kappa shape index (κ3) is 4.05. The summed E-state index contributed by atoms with van der Waals surface area (Å²) in [5.74, 6) is 1.01. The van der Waals surface area contributed by atoms with Gasteiger partial charge >= 0.3 is 0 Å². The van der Waals surface area contributed by atoms with Crippen molar-refractivity contribution in [1.82, 2.24) is 4.72 Å². The van der Waals surface area contributed by atoms with Gasteiger partial charge in [-0.1, -0.05) is 0 Å². The minimum absolute atomic E-state index is 0. The first-order valence-corrected chi connectivity index (χ1v) is 8.83. The number of methoxy groups -OCH3 is 3. The first kappa shape index (κ1) is 20.8. The van der Waals surface area contributed by atoms with Gasteiger partial charge in [-0.2, -0.15) is 0 Å². The van der Waals surface area contributed by atoms with E-state index in [-0.39, 0.29) is 41.3 Å². The van der Waals surface area contributed by atoms with Crippen molar-refractivity contribution >= 4 is 22.4 Å². The summed E-state index contributed by atoms with van der Waals surface area (Å²) in [7, 11) is 0.402. The molecular formula is C15H25ClN2O5S. The molecule has 3 N–H and O–H groups in total. The van der Waals surface area contributed by atoms with Crippen molar-refractivity contribution in [2.75, 3.05) is 27.9 Å². The maximum Gasteiger partial charge on any atom is 0.248 e. The molecule has 1 aliphatic rings. The van der Waals surface area contributed by atoms with Crippen LogP contribution < -0.4 is 24.7 Å². The summed E-state index contributed by atoms with van der Waals surface area (Å²) in [5, 5.41) is 0. The third-order valence-electron chi connectivity index (χ3n) is 4.21. The van der Waals surface area contributed by atoms with E-state index in [1.165, 1.54) is 33.5 Å². The van der Waals surface area contributed by atoms with Crippen LogP contribution in [0.25, 0.3) is 0 Å². The quantitative estimate of drug-likeness (QED) is 0.709. The molecular weight excluding hydrogens is 356 g/mol. The van der Waals surface area contributed by atoms with E-state index in [0.29, 0.717) is 5.75 Å². The lowest BCUT2D eigenvalue weighted by Gasteiger charge is -2.29. The Morgan fingerprint density at radius 3 is 2.00 bits per heavy atom. The summed E-state index contributed by atoms with van der Waals surface area (Å²) in [6.07, 6.45) is 1.93. The van der Waals surface area contributed by atoms with Crippen molar-refractivity contribution in [3.63, 3.8) is 0 Å². The zero-order valence-electron chi connectivity index (χ0n) is 14.3. The molecule has 0 spiro atoms. The van der Waals surface area contributed by atoms with Crippen LogP contribution in [-0.2, 0) is 10.0 Å². The Kier molecular flexibility index (Phi) is 6.75. The van der Waals surface area contributed by atoms with Crippen LogP contribution in [0.3, 0.4) is 0 Å². The van der Waals surface area contributed by atoms with E-state index < -0.39 is 15.6 Å². The lowest BCUT2D eigenvalue weighted by atomic mass is 9.98. The van der Waals surface area contributed by atoms with Gasteiger partial charge in [0.05, 0.1) is 21.3 Å². The molecule has 1 fully saturated rings. The Morgan fingerprint density at radius 2 is 1.67 bits per heavy atom. The van der Waals surface area contributed by atoms with Crippen LogP contribution in [0.15, 0.2) is 17.0 Å². The summed E-state index contributed by atoms with van der Waals surface area (Å²) in [6, 6.07) is 3.02. The second-order valence-corrected chi connectivity index (χ2v) is 7.48. The van der Waals surface area contributed by atoms with E-state index in [0.717, 1.165) is 12.8 Å². The van der Waals surface area contributed by atoms with Gasteiger partial charge in [0, 0.05) is 24.2 Å². The molecule has 138 valence electrons. The second-order valence-electron chi connectivity index (χ2n) is 5.86. The van der Waals surface area contributed by atoms with Gasteiger partial charge in [0.25, 0.3) is 0 Å². The minimum Gasteiger partial charge on any atom is -0.496 e. The highest BCUT2D eigenvalue weighted by atomic mass is 35.5. The van der Waals surface area contributed by atoms with Gasteiger partial charge in [0.1, 0.15) is 17.2 Å². The summed E-state index contributed by atoms with van der Waals surface area (Å²) < 4.78 is 44.2. The van der Waals surface area contributed by atoms with Crippen LogP contribution in [-0.4, -0.2) is 41.8 Å². The molecule has 1 unspecified atom stereocenters. The fraction of sp³-hybridized carbons (Fsp3) is 0.600. The van der Waals surface area contributed by atoms with Crippen LogP contribution in [0.2, 0.25) is 0 Å². The smallest absolute Gasteiger partial charge is 0.248 e. The molecule has 7 nitrogen and oxygen atoms in total. The highest BCUT2D eigenvalue weighted by molar-refractivity contribution is 7.89. The highest BCUT2D eigenvalue weighted by Crippen LogP contribution is 2.42. The maximum absolute atomic E-state index is 12.9. The molecule has 1 aromatic carbocycles. The number of nitrogens with two attached hydrogens (primary N) is 1. The monoisotopic (exact) mass is 380 g/mol. The molecule has 0 bridgehead atoms. The topological polar surface area (TPSA) is 99.9 Å². The van der Waals surface area contributed by atoms with E-state index in [2.05, 4.69) is 4.72 Å². The van der Waals surface area contributed by atoms with Gasteiger partial charge in [0.15, 0.2) is 4.90 Å². The average Bonchev–Trinajstić information content (AvgIpc) is 3.38. The average molecular weight is 381 g/mol. The number of hydrogen-bond donors (Lipinski definition) is 2. The molecule has 0 aliphatic heterocycles. The summed E-state index contributed by atoms with van der Waals surface area (Å²) >= 11 is 0. The Bertz CT molecular complexity index is 653. The van der Waals surface area contributed by atoms with Crippen molar-refractivity contribution in [1.29, 1.82) is 0 Å². The Morgan fingerprint density at radius 1 is 1.17 bits per heavy atom. The van der Waals surface area contributed by atoms with Crippen molar-refractivity contribution in [2.24, 2.45) is 11.7 Å². The molecule has 1 saturated carbocycles. The Hall–Kier alpha value is -1.22. The standard InChI is InChI=1S/C15H24N2O5S.ClH/c1-15(9-16,10-5-6-10)17-23(18,19)14-12(21-3)7-11(20-2)8-13(14)22-4;/h7-8,10,17H,5-6,9,16H2,1-4H3;1H. The van der Waals surface area contributed by atoms with Gasteiger partial charge in [-0.3, -0.25) is 0 Å². The molecule has 0 saturated heterocycles. The maximum atomic E-state index is 12.9. The van der Waals surface area contributed by atoms with Crippen molar-refractivity contribution in [3.05, 3.63) is 12.1 Å². The van der Waals surface area contributed by atoms with Gasteiger partial charge < -0.3 is 19.9 Å². The lowest BCUT2D eigenvalue weighted by Crippen LogP contribution is -2.53. The highest BCUT2D eigenvalue weighted by Gasteiger charge is 2.44. The fourth-order valence-electron chi connectivity index (χ4n) is 2.61. The number of hydrogen-bond acceptors (Lipinski definition) is 6. The SMILES string of the molecule is COc1cc(OC)c(S(=O)(=O)NC(C)(CN)C2CC2)c(OC)c1.Cl. The summed E-state index contributed by atoms with van der Waals surface area (Å²) in [5.41, 5.74) is 5.12. The third-order valence-corrected chi connectivity index (χ3v) is 5.88. The number of rotatable bonds is 8. The van der Waals surface area contributed by atoms with E-state index >= 15 is 0 Å². The van der Waals surface area contributed by atoms with Crippen LogP contribution in [0, 0.1) is 5.92 Å². The first-order valence-electron chi connectivity index (χ1n) is 7.35. The molecule has 9 heteroatoms. The van der Waals surface area contributed by atoms with Crippen LogP contribution >= 0.6 is 12.4 Å². The Labute approximate surface area is 149 Å². The molecule has 0 heterocycles. The normalized spacial score (nSPS) is 16.7. The number of ether oxygens (including phenoxy) is 3. The number of halogens is 1. The number of sulfonamides is 1. The van der Waals surface area contributed by atoms with Crippen LogP contribution in [0.1, 0.15) is 19.8 Å². The molecule has 1 atom stereocenters. The van der Waals surface area contributed by atoms with Crippen LogP contribution in [0.5, 0.6) is 17.2 Å². The molecule has 24 heavy (non-hydrogen) atoms. The zero-order chi connectivity index (χ0) is 17.3. The summed E-state index contributed by atoms with van der Waals surface area (Å²) in [6.45, 7) is 2.04. The second kappa shape index (κ2) is 7.77. The van der Waals surface area contributed by atoms with Crippen LogP contribution in [0.4, 0.5) is 0 Å². The molecule has 2 rings (SSSR count). The van der Waals surface area contributed by atoms with Gasteiger partial charge in [-0.25, -0.2) is 13.1 Å². The summed E-state index contributed by atoms with van der Waals surface area (Å²) in [4.78, 5) is -0.0522. The van der Waals surface area contributed by atoms with E-state index in [1.807, 2.05) is 6.92 Å². The number of nitrogens with one attached hydrogen (secondary N) is 1. The molecule has 1 aliphatic carbocycles. The molecule has 0 radical (unpaired) electrons.